The topological polar surface area (TPSA) is 77.5 Å². The van der Waals surface area contributed by atoms with Crippen LogP contribution < -0.4 is 10.1 Å². The Morgan fingerprint density at radius 3 is 2.43 bits per heavy atom. The number of carbonyl (C=O) groups excluding carboxylic acids is 2. The number of pyridine rings is 1. The summed E-state index contributed by atoms with van der Waals surface area (Å²) in [5.41, 5.74) is 0.825. The van der Waals surface area contributed by atoms with E-state index < -0.39 is 30.7 Å². The van der Waals surface area contributed by atoms with Crippen molar-refractivity contribution in [2.24, 2.45) is 0 Å². The van der Waals surface area contributed by atoms with Crippen LogP contribution in [-0.4, -0.2) is 36.3 Å². The van der Waals surface area contributed by atoms with Gasteiger partial charge in [0, 0.05) is 12.3 Å². The SMILES string of the molecule is CCOC(=O)CC(NC(=O)c1ccc(OCC(F)(F)F)nc1)c1ccccc1. The summed E-state index contributed by atoms with van der Waals surface area (Å²) in [6.07, 6.45) is -3.44. The fourth-order valence-corrected chi connectivity index (χ4v) is 2.32. The van der Waals surface area contributed by atoms with Crippen LogP contribution in [0.2, 0.25) is 0 Å². The first-order valence-electron chi connectivity index (χ1n) is 8.45. The van der Waals surface area contributed by atoms with Gasteiger partial charge in [-0.25, -0.2) is 4.98 Å². The van der Waals surface area contributed by atoms with E-state index in [1.54, 1.807) is 37.3 Å². The van der Waals surface area contributed by atoms with Crippen LogP contribution in [0.15, 0.2) is 48.7 Å². The quantitative estimate of drug-likeness (QED) is 0.692. The molecule has 9 heteroatoms. The first-order chi connectivity index (χ1) is 13.3. The van der Waals surface area contributed by atoms with Gasteiger partial charge in [0.05, 0.1) is 24.6 Å². The highest BCUT2D eigenvalue weighted by molar-refractivity contribution is 5.94. The maximum absolute atomic E-state index is 12.5. The molecule has 0 saturated heterocycles. The Morgan fingerprint density at radius 2 is 1.86 bits per heavy atom. The summed E-state index contributed by atoms with van der Waals surface area (Å²) in [4.78, 5) is 28.0. The van der Waals surface area contributed by atoms with Gasteiger partial charge in [0.25, 0.3) is 5.91 Å². The molecule has 1 heterocycles. The van der Waals surface area contributed by atoms with Gasteiger partial charge >= 0.3 is 12.1 Å². The van der Waals surface area contributed by atoms with Crippen LogP contribution in [0.5, 0.6) is 5.88 Å². The number of halogens is 3. The van der Waals surface area contributed by atoms with Gasteiger partial charge < -0.3 is 14.8 Å². The summed E-state index contributed by atoms with van der Waals surface area (Å²) >= 11 is 0. The summed E-state index contributed by atoms with van der Waals surface area (Å²) in [6, 6.07) is 10.7. The molecule has 0 bridgehead atoms. The highest BCUT2D eigenvalue weighted by Gasteiger charge is 2.28. The van der Waals surface area contributed by atoms with E-state index in [0.717, 1.165) is 6.20 Å². The molecular weight excluding hydrogens is 377 g/mol. The van der Waals surface area contributed by atoms with Gasteiger partial charge in [-0.3, -0.25) is 9.59 Å². The number of nitrogens with zero attached hydrogens (tertiary/aromatic N) is 1. The third-order valence-corrected chi connectivity index (χ3v) is 3.57. The molecule has 1 amide bonds. The number of amides is 1. The first kappa shape index (κ1) is 21.2. The van der Waals surface area contributed by atoms with Gasteiger partial charge in [-0.2, -0.15) is 13.2 Å². The number of alkyl halides is 3. The molecule has 0 aliphatic rings. The van der Waals surface area contributed by atoms with Crippen molar-refractivity contribution in [3.63, 3.8) is 0 Å². The minimum absolute atomic E-state index is 0.0657. The molecule has 6 nitrogen and oxygen atoms in total. The van der Waals surface area contributed by atoms with Gasteiger partial charge in [0.15, 0.2) is 6.61 Å². The Hall–Kier alpha value is -3.10. The second-order valence-electron chi connectivity index (χ2n) is 5.73. The number of hydrogen-bond donors (Lipinski definition) is 1. The molecule has 28 heavy (non-hydrogen) atoms. The third kappa shape index (κ3) is 6.90. The smallest absolute Gasteiger partial charge is 0.422 e. The number of esters is 1. The summed E-state index contributed by atoms with van der Waals surface area (Å²) in [5, 5.41) is 2.71. The molecular formula is C19H19F3N2O4. The number of benzene rings is 1. The number of aromatic nitrogens is 1. The Morgan fingerprint density at radius 1 is 1.14 bits per heavy atom. The Labute approximate surface area is 159 Å². The number of ether oxygens (including phenoxy) is 2. The minimum Gasteiger partial charge on any atom is -0.468 e. The summed E-state index contributed by atoms with van der Waals surface area (Å²) < 4.78 is 45.9. The van der Waals surface area contributed by atoms with Gasteiger partial charge in [-0.1, -0.05) is 30.3 Å². The predicted octanol–water partition coefficient (Wildman–Crippen LogP) is 3.45. The van der Waals surface area contributed by atoms with E-state index in [1.165, 1.54) is 12.1 Å². The molecule has 2 rings (SSSR count). The van der Waals surface area contributed by atoms with Crippen molar-refractivity contribution >= 4 is 11.9 Å². The molecule has 0 fully saturated rings. The zero-order chi connectivity index (χ0) is 20.6. The lowest BCUT2D eigenvalue weighted by Crippen LogP contribution is -2.30. The van der Waals surface area contributed by atoms with Crippen molar-refractivity contribution in [2.45, 2.75) is 25.6 Å². The lowest BCUT2D eigenvalue weighted by atomic mass is 10.0. The molecule has 1 unspecified atom stereocenters. The molecule has 2 aromatic rings. The Balaban J connectivity index is 2.07. The van der Waals surface area contributed by atoms with E-state index in [-0.39, 0.29) is 24.5 Å². The van der Waals surface area contributed by atoms with E-state index >= 15 is 0 Å². The number of hydrogen-bond acceptors (Lipinski definition) is 5. The maximum atomic E-state index is 12.5. The molecule has 0 spiro atoms. The van der Waals surface area contributed by atoms with Gasteiger partial charge in [-0.15, -0.1) is 0 Å². The molecule has 0 radical (unpaired) electrons. The van der Waals surface area contributed by atoms with Crippen molar-refractivity contribution in [3.8, 4) is 5.88 Å². The molecule has 1 aromatic heterocycles. The van der Waals surface area contributed by atoms with E-state index in [0.29, 0.717) is 5.56 Å². The molecule has 1 N–H and O–H groups in total. The van der Waals surface area contributed by atoms with Crippen LogP contribution in [0.25, 0.3) is 0 Å². The standard InChI is InChI=1S/C19H19F3N2O4/c1-2-27-17(25)10-15(13-6-4-3-5-7-13)24-18(26)14-8-9-16(23-11-14)28-12-19(20,21)22/h3-9,11,15H,2,10,12H2,1H3,(H,24,26). The summed E-state index contributed by atoms with van der Waals surface area (Å²) in [5.74, 6) is -1.25. The van der Waals surface area contributed by atoms with Crippen LogP contribution in [0.4, 0.5) is 13.2 Å². The molecule has 150 valence electrons. The molecule has 1 atom stereocenters. The van der Waals surface area contributed by atoms with Crippen molar-refractivity contribution in [3.05, 3.63) is 59.8 Å². The van der Waals surface area contributed by atoms with Crippen molar-refractivity contribution in [1.29, 1.82) is 0 Å². The van der Waals surface area contributed by atoms with Gasteiger partial charge in [0.2, 0.25) is 5.88 Å². The molecule has 0 aliphatic carbocycles. The van der Waals surface area contributed by atoms with Crippen LogP contribution in [-0.2, 0) is 9.53 Å². The van der Waals surface area contributed by atoms with Crippen molar-refractivity contribution in [1.82, 2.24) is 10.3 Å². The van der Waals surface area contributed by atoms with E-state index in [9.17, 15) is 22.8 Å². The largest absolute Gasteiger partial charge is 0.468 e. The predicted molar refractivity (Wildman–Crippen MR) is 93.7 cm³/mol. The van der Waals surface area contributed by atoms with Crippen molar-refractivity contribution in [2.75, 3.05) is 13.2 Å². The molecule has 1 aromatic carbocycles. The third-order valence-electron chi connectivity index (χ3n) is 3.57. The summed E-state index contributed by atoms with van der Waals surface area (Å²) in [6.45, 7) is 0.431. The molecule has 0 saturated carbocycles. The maximum Gasteiger partial charge on any atom is 0.422 e. The average molecular weight is 396 g/mol. The minimum atomic E-state index is -4.48. The lowest BCUT2D eigenvalue weighted by Gasteiger charge is -2.18. The summed E-state index contributed by atoms with van der Waals surface area (Å²) in [7, 11) is 0. The average Bonchev–Trinajstić information content (AvgIpc) is 2.66. The fraction of sp³-hybridized carbons (Fsp3) is 0.316. The zero-order valence-corrected chi connectivity index (χ0v) is 15.0. The second kappa shape index (κ2) is 9.72. The highest BCUT2D eigenvalue weighted by Crippen LogP contribution is 2.19. The molecule has 0 aliphatic heterocycles. The van der Waals surface area contributed by atoms with Crippen LogP contribution >= 0.6 is 0 Å². The van der Waals surface area contributed by atoms with Gasteiger partial charge in [0.1, 0.15) is 0 Å². The second-order valence-corrected chi connectivity index (χ2v) is 5.73. The fourth-order valence-electron chi connectivity index (χ4n) is 2.32. The first-order valence-corrected chi connectivity index (χ1v) is 8.45. The highest BCUT2D eigenvalue weighted by atomic mass is 19.4. The van der Waals surface area contributed by atoms with Crippen LogP contribution in [0.3, 0.4) is 0 Å². The number of rotatable bonds is 8. The Bertz CT molecular complexity index is 780. The number of nitrogens with one attached hydrogen (secondary N) is 1. The van der Waals surface area contributed by atoms with E-state index in [1.807, 2.05) is 0 Å². The van der Waals surface area contributed by atoms with Crippen molar-refractivity contribution < 1.29 is 32.2 Å². The lowest BCUT2D eigenvalue weighted by molar-refractivity contribution is -0.154. The van der Waals surface area contributed by atoms with Gasteiger partial charge in [-0.05, 0) is 18.6 Å². The Kier molecular flexibility index (Phi) is 7.36. The van der Waals surface area contributed by atoms with E-state index in [4.69, 9.17) is 4.74 Å². The zero-order valence-electron chi connectivity index (χ0n) is 15.0. The normalized spacial score (nSPS) is 12.1. The number of carbonyl (C=O) groups is 2. The van der Waals surface area contributed by atoms with E-state index in [2.05, 4.69) is 15.0 Å². The monoisotopic (exact) mass is 396 g/mol. The van der Waals surface area contributed by atoms with Crippen LogP contribution in [0, 0.1) is 0 Å². The van der Waals surface area contributed by atoms with Crippen LogP contribution in [0.1, 0.15) is 35.3 Å².